The van der Waals surface area contributed by atoms with E-state index in [9.17, 15) is 24.3 Å². The van der Waals surface area contributed by atoms with Crippen LogP contribution >= 0.6 is 0 Å². The number of hydrogen-bond acceptors (Lipinski definition) is 10. The molecule has 1 heterocycles. The van der Waals surface area contributed by atoms with E-state index in [2.05, 4.69) is 0 Å². The Morgan fingerprint density at radius 3 is 1.47 bits per heavy atom. The van der Waals surface area contributed by atoms with Crippen molar-refractivity contribution in [3.05, 3.63) is 108 Å². The van der Waals surface area contributed by atoms with Gasteiger partial charge in [0.05, 0.1) is 17.7 Å². The van der Waals surface area contributed by atoms with E-state index in [0.717, 1.165) is 22.3 Å². The van der Waals surface area contributed by atoms with Crippen molar-refractivity contribution < 1.29 is 58.2 Å². The molecule has 0 unspecified atom stereocenters. The van der Waals surface area contributed by atoms with Crippen LogP contribution < -0.4 is 9.47 Å². The highest BCUT2D eigenvalue weighted by atomic mass is 16.6. The normalized spacial score (nSPS) is 20.1. The summed E-state index contributed by atoms with van der Waals surface area (Å²) in [5, 5.41) is 29.9. The molecule has 12 heteroatoms. The van der Waals surface area contributed by atoms with Crippen molar-refractivity contribution >= 4 is 23.9 Å². The molecule has 1 saturated heterocycles. The molecule has 1 aliphatic rings. The van der Waals surface area contributed by atoms with Crippen LogP contribution in [0.1, 0.15) is 34.6 Å². The smallest absolute Gasteiger partial charge is 0.335 e. The first-order valence-electron chi connectivity index (χ1n) is 15.2. The zero-order valence-electron chi connectivity index (χ0n) is 26.6. The Labute approximate surface area is 281 Å². The molecule has 3 N–H and O–H groups in total. The Bertz CT molecular complexity index is 1780. The summed E-state index contributed by atoms with van der Waals surface area (Å²) >= 11 is 0. The molecule has 0 spiro atoms. The van der Waals surface area contributed by atoms with Crippen molar-refractivity contribution in [2.45, 2.75) is 37.8 Å². The third kappa shape index (κ3) is 8.61. The summed E-state index contributed by atoms with van der Waals surface area (Å²) in [6.45, 7) is 1.53. The lowest BCUT2D eigenvalue weighted by atomic mass is 9.88. The summed E-state index contributed by atoms with van der Waals surface area (Å²) in [7, 11) is 0. The molecular formula is C37H34O12. The number of carboxylic acids is 2. The summed E-state index contributed by atoms with van der Waals surface area (Å²) < 4.78 is 28.8. The third-order valence-electron chi connectivity index (χ3n) is 7.88. The predicted molar refractivity (Wildman–Crippen MR) is 174 cm³/mol. The SMILES string of the molecule is CC(=O)O[C@@H]1[C@@H](COc2ccc(-c3ccc(C(=O)O)cc3)cc2)OC[C@@](O)(COc2ccc(-c3ccc(C(=O)O)cc3)cc2)[C@H]1OC(C)=O. The van der Waals surface area contributed by atoms with E-state index in [-0.39, 0.29) is 30.9 Å². The average molecular weight is 671 g/mol. The van der Waals surface area contributed by atoms with Crippen LogP contribution in [-0.2, 0) is 23.8 Å². The first-order chi connectivity index (χ1) is 23.4. The molecule has 0 bridgehead atoms. The van der Waals surface area contributed by atoms with E-state index in [1.54, 1.807) is 72.8 Å². The van der Waals surface area contributed by atoms with E-state index in [4.69, 9.17) is 33.9 Å². The van der Waals surface area contributed by atoms with E-state index in [1.807, 2.05) is 0 Å². The first kappa shape index (κ1) is 34.6. The second-order valence-electron chi connectivity index (χ2n) is 11.5. The van der Waals surface area contributed by atoms with E-state index < -0.39 is 47.8 Å². The Balaban J connectivity index is 1.26. The second kappa shape index (κ2) is 15.0. The van der Waals surface area contributed by atoms with Gasteiger partial charge in [-0.1, -0.05) is 48.5 Å². The van der Waals surface area contributed by atoms with Gasteiger partial charge in [0, 0.05) is 13.8 Å². The van der Waals surface area contributed by atoms with Crippen LogP contribution in [0, 0.1) is 0 Å². The topological polar surface area (TPSA) is 175 Å². The minimum Gasteiger partial charge on any atom is -0.491 e. The van der Waals surface area contributed by atoms with Crippen LogP contribution in [-0.4, -0.2) is 82.9 Å². The van der Waals surface area contributed by atoms with Gasteiger partial charge in [-0.25, -0.2) is 9.59 Å². The molecule has 0 aliphatic carbocycles. The lowest BCUT2D eigenvalue weighted by Crippen LogP contribution is -2.66. The summed E-state index contributed by atoms with van der Waals surface area (Å²) in [4.78, 5) is 46.6. The summed E-state index contributed by atoms with van der Waals surface area (Å²) in [6.07, 6.45) is -3.53. The van der Waals surface area contributed by atoms with Crippen LogP contribution in [0.5, 0.6) is 11.5 Å². The van der Waals surface area contributed by atoms with Crippen molar-refractivity contribution in [3.8, 4) is 33.8 Å². The van der Waals surface area contributed by atoms with Crippen molar-refractivity contribution in [3.63, 3.8) is 0 Å². The number of hydrogen-bond donors (Lipinski definition) is 3. The Morgan fingerprint density at radius 2 is 1.06 bits per heavy atom. The lowest BCUT2D eigenvalue weighted by Gasteiger charge is -2.45. The summed E-state index contributed by atoms with van der Waals surface area (Å²) in [5.41, 5.74) is 1.70. The molecule has 0 saturated carbocycles. The van der Waals surface area contributed by atoms with Gasteiger partial charge < -0.3 is 39.0 Å². The molecule has 4 atom stereocenters. The van der Waals surface area contributed by atoms with Crippen molar-refractivity contribution in [2.75, 3.05) is 19.8 Å². The molecule has 1 fully saturated rings. The van der Waals surface area contributed by atoms with Crippen LogP contribution in [0.3, 0.4) is 0 Å². The van der Waals surface area contributed by atoms with E-state index in [1.165, 1.54) is 38.1 Å². The number of benzene rings is 4. The molecule has 5 rings (SSSR count). The maximum atomic E-state index is 12.2. The number of carbonyl (C=O) groups excluding carboxylic acids is 2. The van der Waals surface area contributed by atoms with Gasteiger partial charge in [-0.3, -0.25) is 9.59 Å². The van der Waals surface area contributed by atoms with Crippen LogP contribution in [0.15, 0.2) is 97.1 Å². The average Bonchev–Trinajstić information content (AvgIpc) is 3.09. The number of rotatable bonds is 12. The highest BCUT2D eigenvalue weighted by Crippen LogP contribution is 2.32. The van der Waals surface area contributed by atoms with Gasteiger partial charge in [0.15, 0.2) is 17.8 Å². The molecule has 4 aromatic rings. The van der Waals surface area contributed by atoms with Gasteiger partial charge in [0.2, 0.25) is 0 Å². The molecule has 0 radical (unpaired) electrons. The first-order valence-corrected chi connectivity index (χ1v) is 15.2. The Morgan fingerprint density at radius 1 is 0.653 bits per heavy atom. The zero-order chi connectivity index (χ0) is 35.1. The molecule has 254 valence electrons. The van der Waals surface area contributed by atoms with Gasteiger partial charge in [-0.05, 0) is 70.8 Å². The van der Waals surface area contributed by atoms with Crippen LogP contribution in [0.2, 0.25) is 0 Å². The van der Waals surface area contributed by atoms with E-state index >= 15 is 0 Å². The molecule has 49 heavy (non-hydrogen) atoms. The number of aromatic carboxylic acids is 2. The van der Waals surface area contributed by atoms with Crippen molar-refractivity contribution in [1.29, 1.82) is 0 Å². The van der Waals surface area contributed by atoms with Gasteiger partial charge in [-0.2, -0.15) is 0 Å². The maximum absolute atomic E-state index is 12.2. The highest BCUT2D eigenvalue weighted by molar-refractivity contribution is 5.89. The standard InChI is InChI=1S/C37H34O12/c1-22(38)48-33-32(19-45-30-15-11-26(12-16-30)24-3-7-28(8-4-24)35(40)41)47-21-37(44,34(33)49-23(2)39)20-46-31-17-13-27(14-18-31)25-5-9-29(10-6-25)36(42)43/h3-18,32-34,44H,19-21H2,1-2H3,(H,40,41)(H,42,43)/t32-,33-,34+,37+/m1/s1. The van der Waals surface area contributed by atoms with Crippen molar-refractivity contribution in [2.24, 2.45) is 0 Å². The van der Waals surface area contributed by atoms with Crippen LogP contribution in [0.25, 0.3) is 22.3 Å². The Kier molecular flexibility index (Phi) is 10.6. The second-order valence-corrected chi connectivity index (χ2v) is 11.5. The van der Waals surface area contributed by atoms with E-state index in [0.29, 0.717) is 11.5 Å². The van der Waals surface area contributed by atoms with Gasteiger partial charge in [-0.15, -0.1) is 0 Å². The largest absolute Gasteiger partial charge is 0.491 e. The van der Waals surface area contributed by atoms with Gasteiger partial charge in [0.1, 0.15) is 30.8 Å². The number of carboxylic acid groups (broad SMARTS) is 2. The third-order valence-corrected chi connectivity index (χ3v) is 7.88. The fourth-order valence-corrected chi connectivity index (χ4v) is 5.37. The van der Waals surface area contributed by atoms with Gasteiger partial charge >= 0.3 is 23.9 Å². The molecule has 0 aromatic heterocycles. The fraction of sp³-hybridized carbons (Fsp3) is 0.243. The molecule has 0 amide bonds. The predicted octanol–water partition coefficient (Wildman–Crippen LogP) is 4.87. The monoisotopic (exact) mass is 670 g/mol. The number of ether oxygens (including phenoxy) is 5. The molecule has 1 aliphatic heterocycles. The molecule has 12 nitrogen and oxygen atoms in total. The van der Waals surface area contributed by atoms with Gasteiger partial charge in [0.25, 0.3) is 0 Å². The Hall–Kier alpha value is -5.72. The minimum absolute atomic E-state index is 0.117. The lowest BCUT2D eigenvalue weighted by molar-refractivity contribution is -0.259. The fourth-order valence-electron chi connectivity index (χ4n) is 5.37. The minimum atomic E-state index is -1.91. The number of esters is 2. The van der Waals surface area contributed by atoms with Crippen LogP contribution in [0.4, 0.5) is 0 Å². The van der Waals surface area contributed by atoms with Crippen molar-refractivity contribution in [1.82, 2.24) is 0 Å². The molecule has 4 aromatic carbocycles. The quantitative estimate of drug-likeness (QED) is 0.175. The molecular weight excluding hydrogens is 636 g/mol. The number of aliphatic hydroxyl groups is 1. The summed E-state index contributed by atoms with van der Waals surface area (Å²) in [5.74, 6) is -2.58. The zero-order valence-corrected chi connectivity index (χ0v) is 26.6. The maximum Gasteiger partial charge on any atom is 0.335 e. The highest BCUT2D eigenvalue weighted by Gasteiger charge is 2.54. The summed E-state index contributed by atoms with van der Waals surface area (Å²) in [6, 6.07) is 26.8. The number of carbonyl (C=O) groups is 4.